The molecule has 0 aliphatic carbocycles. The van der Waals surface area contributed by atoms with Crippen LogP contribution in [-0.2, 0) is 16.1 Å². The van der Waals surface area contributed by atoms with E-state index in [0.29, 0.717) is 11.3 Å². The van der Waals surface area contributed by atoms with E-state index in [1.807, 2.05) is 6.07 Å². The van der Waals surface area contributed by atoms with Crippen molar-refractivity contribution >= 4 is 29.1 Å². The van der Waals surface area contributed by atoms with Gasteiger partial charge in [-0.2, -0.15) is 0 Å². The molecule has 0 saturated carbocycles. The molecule has 0 bridgehead atoms. The number of benzene rings is 2. The first-order valence-electron chi connectivity index (χ1n) is 8.57. The van der Waals surface area contributed by atoms with Crippen LogP contribution in [0.25, 0.3) is 0 Å². The zero-order valence-electron chi connectivity index (χ0n) is 15.1. The van der Waals surface area contributed by atoms with Crippen molar-refractivity contribution in [3.05, 3.63) is 87.4 Å². The standard InChI is InChI=1S/C21H17NO5S/c1-2-26-21(25)19-22-15(13-28-19)12-27-20(24)17-11-7-6-10-16(17)18(23)14-8-4-3-5-9-14/h3-11,13H,2,12H2,1H3. The molecule has 1 heterocycles. The lowest BCUT2D eigenvalue weighted by Gasteiger charge is -2.08. The number of ketones is 1. The van der Waals surface area contributed by atoms with Crippen LogP contribution in [0.15, 0.2) is 60.0 Å². The normalized spacial score (nSPS) is 10.3. The summed E-state index contributed by atoms with van der Waals surface area (Å²) in [5.74, 6) is -1.40. The Hall–Kier alpha value is -3.32. The average molecular weight is 395 g/mol. The fraction of sp³-hybridized carbons (Fsp3) is 0.143. The number of ether oxygens (including phenoxy) is 2. The van der Waals surface area contributed by atoms with E-state index in [2.05, 4.69) is 4.98 Å². The highest BCUT2D eigenvalue weighted by molar-refractivity contribution is 7.11. The van der Waals surface area contributed by atoms with Crippen LogP contribution < -0.4 is 0 Å². The van der Waals surface area contributed by atoms with Gasteiger partial charge in [-0.05, 0) is 13.0 Å². The van der Waals surface area contributed by atoms with Crippen molar-refractivity contribution in [2.45, 2.75) is 13.5 Å². The summed E-state index contributed by atoms with van der Waals surface area (Å²) in [5.41, 5.74) is 1.37. The van der Waals surface area contributed by atoms with Crippen molar-refractivity contribution in [1.29, 1.82) is 0 Å². The Labute approximate surface area is 165 Å². The highest BCUT2D eigenvalue weighted by Gasteiger charge is 2.20. The van der Waals surface area contributed by atoms with Crippen LogP contribution >= 0.6 is 11.3 Å². The van der Waals surface area contributed by atoms with Crippen LogP contribution in [-0.4, -0.2) is 29.3 Å². The molecule has 0 aliphatic heterocycles. The highest BCUT2D eigenvalue weighted by Crippen LogP contribution is 2.17. The number of aromatic nitrogens is 1. The molecule has 28 heavy (non-hydrogen) atoms. The summed E-state index contributed by atoms with van der Waals surface area (Å²) < 4.78 is 10.2. The highest BCUT2D eigenvalue weighted by atomic mass is 32.1. The monoisotopic (exact) mass is 395 g/mol. The number of rotatable bonds is 7. The Morgan fingerprint density at radius 2 is 1.57 bits per heavy atom. The van der Waals surface area contributed by atoms with Gasteiger partial charge in [-0.15, -0.1) is 11.3 Å². The van der Waals surface area contributed by atoms with Crippen LogP contribution in [0.5, 0.6) is 0 Å². The molecule has 1 aromatic heterocycles. The van der Waals surface area contributed by atoms with Crippen LogP contribution in [0.3, 0.4) is 0 Å². The minimum atomic E-state index is -0.634. The van der Waals surface area contributed by atoms with Crippen molar-refractivity contribution in [2.75, 3.05) is 6.61 Å². The Bertz CT molecular complexity index is 997. The summed E-state index contributed by atoms with van der Waals surface area (Å²) in [6, 6.07) is 15.2. The van der Waals surface area contributed by atoms with Gasteiger partial charge < -0.3 is 9.47 Å². The Balaban J connectivity index is 1.72. The minimum absolute atomic E-state index is 0.109. The van der Waals surface area contributed by atoms with E-state index >= 15 is 0 Å². The summed E-state index contributed by atoms with van der Waals surface area (Å²) in [5, 5.41) is 1.83. The second-order valence-corrected chi connectivity index (χ2v) is 6.54. The molecule has 0 atom stereocenters. The third-order valence-corrected chi connectivity index (χ3v) is 4.65. The molecule has 0 radical (unpaired) electrons. The molecular formula is C21H17NO5S. The number of nitrogens with zero attached hydrogens (tertiary/aromatic N) is 1. The maximum absolute atomic E-state index is 12.7. The van der Waals surface area contributed by atoms with Crippen molar-refractivity contribution in [2.24, 2.45) is 0 Å². The fourth-order valence-electron chi connectivity index (χ4n) is 2.48. The second-order valence-electron chi connectivity index (χ2n) is 5.68. The first-order chi connectivity index (χ1) is 13.6. The third kappa shape index (κ3) is 4.50. The number of carbonyl (C=O) groups excluding carboxylic acids is 3. The van der Waals surface area contributed by atoms with E-state index in [-0.39, 0.29) is 35.1 Å². The van der Waals surface area contributed by atoms with Crippen molar-refractivity contribution in [1.82, 2.24) is 4.98 Å². The van der Waals surface area contributed by atoms with Crippen LogP contribution in [0.1, 0.15) is 48.7 Å². The topological polar surface area (TPSA) is 82.6 Å². The van der Waals surface area contributed by atoms with Gasteiger partial charge in [0.05, 0.1) is 17.9 Å². The van der Waals surface area contributed by atoms with Gasteiger partial charge in [0.1, 0.15) is 6.61 Å². The van der Waals surface area contributed by atoms with Gasteiger partial charge in [-0.3, -0.25) is 4.79 Å². The molecule has 0 amide bonds. The molecule has 0 saturated heterocycles. The number of hydrogen-bond acceptors (Lipinski definition) is 7. The van der Waals surface area contributed by atoms with E-state index < -0.39 is 11.9 Å². The Morgan fingerprint density at radius 1 is 0.893 bits per heavy atom. The van der Waals surface area contributed by atoms with Gasteiger partial charge >= 0.3 is 11.9 Å². The summed E-state index contributed by atoms with van der Waals surface area (Å²) in [6.45, 7) is 1.86. The van der Waals surface area contributed by atoms with Crippen molar-refractivity contribution in [3.63, 3.8) is 0 Å². The molecule has 0 N–H and O–H groups in total. The molecule has 6 nitrogen and oxygen atoms in total. The summed E-state index contributed by atoms with van der Waals surface area (Å²) in [6.07, 6.45) is 0. The molecule has 3 aromatic rings. The quantitative estimate of drug-likeness (QED) is 0.446. The smallest absolute Gasteiger partial charge is 0.367 e. The molecule has 142 valence electrons. The largest absolute Gasteiger partial charge is 0.461 e. The van der Waals surface area contributed by atoms with Gasteiger partial charge in [0.15, 0.2) is 5.78 Å². The van der Waals surface area contributed by atoms with E-state index in [0.717, 1.165) is 11.3 Å². The van der Waals surface area contributed by atoms with E-state index in [4.69, 9.17) is 9.47 Å². The third-order valence-electron chi connectivity index (χ3n) is 3.78. The minimum Gasteiger partial charge on any atom is -0.461 e. The number of thiazole rings is 1. The summed E-state index contributed by atoms with van der Waals surface area (Å²) in [7, 11) is 0. The van der Waals surface area contributed by atoms with Gasteiger partial charge in [-0.1, -0.05) is 48.5 Å². The van der Waals surface area contributed by atoms with Crippen LogP contribution in [0.2, 0.25) is 0 Å². The maximum atomic E-state index is 12.7. The Kier molecular flexibility index (Phi) is 6.29. The first-order valence-corrected chi connectivity index (χ1v) is 9.45. The zero-order chi connectivity index (χ0) is 19.9. The number of esters is 2. The fourth-order valence-corrected chi connectivity index (χ4v) is 3.17. The average Bonchev–Trinajstić information content (AvgIpc) is 3.21. The number of hydrogen-bond donors (Lipinski definition) is 0. The summed E-state index contributed by atoms with van der Waals surface area (Å²) in [4.78, 5) is 41.0. The van der Waals surface area contributed by atoms with Crippen LogP contribution in [0, 0.1) is 0 Å². The van der Waals surface area contributed by atoms with Gasteiger partial charge in [0.2, 0.25) is 5.01 Å². The lowest BCUT2D eigenvalue weighted by Crippen LogP contribution is -2.13. The van der Waals surface area contributed by atoms with Crippen molar-refractivity contribution in [3.8, 4) is 0 Å². The lowest BCUT2D eigenvalue weighted by molar-refractivity contribution is 0.0465. The van der Waals surface area contributed by atoms with Crippen molar-refractivity contribution < 1.29 is 23.9 Å². The van der Waals surface area contributed by atoms with Gasteiger partial charge in [0, 0.05) is 16.5 Å². The molecular weight excluding hydrogens is 378 g/mol. The zero-order valence-corrected chi connectivity index (χ0v) is 15.9. The van der Waals surface area contributed by atoms with Gasteiger partial charge in [-0.25, -0.2) is 14.6 Å². The second kappa shape index (κ2) is 9.05. The molecule has 0 fully saturated rings. The molecule has 0 aliphatic rings. The predicted molar refractivity (Wildman–Crippen MR) is 104 cm³/mol. The van der Waals surface area contributed by atoms with E-state index in [1.165, 1.54) is 0 Å². The molecule has 2 aromatic carbocycles. The molecule has 3 rings (SSSR count). The SMILES string of the molecule is CCOC(=O)c1nc(COC(=O)c2ccccc2C(=O)c2ccccc2)cs1. The van der Waals surface area contributed by atoms with E-state index in [9.17, 15) is 14.4 Å². The predicted octanol–water partition coefficient (Wildman–Crippen LogP) is 3.91. The maximum Gasteiger partial charge on any atom is 0.367 e. The lowest BCUT2D eigenvalue weighted by atomic mass is 9.98. The summed E-state index contributed by atoms with van der Waals surface area (Å²) >= 11 is 1.12. The van der Waals surface area contributed by atoms with Crippen LogP contribution in [0.4, 0.5) is 0 Å². The molecule has 0 spiro atoms. The Morgan fingerprint density at radius 3 is 2.29 bits per heavy atom. The molecule has 7 heteroatoms. The first kappa shape index (κ1) is 19.4. The molecule has 0 unspecified atom stereocenters. The van der Waals surface area contributed by atoms with Gasteiger partial charge in [0.25, 0.3) is 0 Å². The van der Waals surface area contributed by atoms with E-state index in [1.54, 1.807) is 60.8 Å². The number of carbonyl (C=O) groups is 3.